The maximum atomic E-state index is 11.3. The SMILES string of the molecule is CCOCC(=O)OCC(C)SCc1cccc(C(=O)O)c1. The molecule has 0 amide bonds. The summed E-state index contributed by atoms with van der Waals surface area (Å²) in [4.78, 5) is 22.2. The van der Waals surface area contributed by atoms with Gasteiger partial charge in [-0.25, -0.2) is 9.59 Å². The maximum Gasteiger partial charge on any atom is 0.335 e. The normalized spacial score (nSPS) is 11.9. The molecule has 21 heavy (non-hydrogen) atoms. The minimum atomic E-state index is -0.931. The molecule has 0 bridgehead atoms. The van der Waals surface area contributed by atoms with Gasteiger partial charge in [0.25, 0.3) is 0 Å². The second-order valence-electron chi connectivity index (χ2n) is 4.45. The first-order valence-electron chi connectivity index (χ1n) is 6.70. The molecular weight excluding hydrogens is 292 g/mol. The molecular formula is C15H20O5S. The van der Waals surface area contributed by atoms with Crippen molar-refractivity contribution in [1.82, 2.24) is 0 Å². The topological polar surface area (TPSA) is 72.8 Å². The summed E-state index contributed by atoms with van der Waals surface area (Å²) in [5, 5.41) is 9.06. The lowest BCUT2D eigenvalue weighted by atomic mass is 10.1. The van der Waals surface area contributed by atoms with Crippen molar-refractivity contribution in [1.29, 1.82) is 0 Å². The number of aromatic carboxylic acids is 1. The molecule has 1 atom stereocenters. The summed E-state index contributed by atoms with van der Waals surface area (Å²) in [6, 6.07) is 6.83. The summed E-state index contributed by atoms with van der Waals surface area (Å²) in [6.07, 6.45) is 0. The third-order valence-corrected chi connectivity index (χ3v) is 3.82. The first-order valence-corrected chi connectivity index (χ1v) is 7.75. The van der Waals surface area contributed by atoms with Crippen molar-refractivity contribution in [2.24, 2.45) is 0 Å². The Kier molecular flexibility index (Phi) is 7.85. The smallest absolute Gasteiger partial charge is 0.335 e. The van der Waals surface area contributed by atoms with E-state index in [9.17, 15) is 9.59 Å². The Labute approximate surface area is 128 Å². The highest BCUT2D eigenvalue weighted by molar-refractivity contribution is 7.99. The van der Waals surface area contributed by atoms with Crippen LogP contribution in [0.4, 0.5) is 0 Å². The molecule has 0 aliphatic heterocycles. The van der Waals surface area contributed by atoms with Gasteiger partial charge in [0.15, 0.2) is 0 Å². The van der Waals surface area contributed by atoms with Crippen LogP contribution in [-0.4, -0.2) is 42.1 Å². The minimum Gasteiger partial charge on any atom is -0.478 e. The molecule has 1 aromatic carbocycles. The van der Waals surface area contributed by atoms with Crippen LogP contribution in [0.25, 0.3) is 0 Å². The molecule has 0 radical (unpaired) electrons. The molecule has 1 unspecified atom stereocenters. The van der Waals surface area contributed by atoms with Gasteiger partial charge >= 0.3 is 11.9 Å². The first-order chi connectivity index (χ1) is 10.0. The van der Waals surface area contributed by atoms with Gasteiger partial charge in [-0.3, -0.25) is 0 Å². The van der Waals surface area contributed by atoms with E-state index in [1.165, 1.54) is 0 Å². The van der Waals surface area contributed by atoms with Crippen molar-refractivity contribution < 1.29 is 24.2 Å². The largest absolute Gasteiger partial charge is 0.478 e. The zero-order chi connectivity index (χ0) is 15.7. The molecule has 0 aliphatic rings. The predicted molar refractivity (Wildman–Crippen MR) is 81.6 cm³/mol. The lowest BCUT2D eigenvalue weighted by Gasteiger charge is -2.12. The Morgan fingerprint density at radius 2 is 2.14 bits per heavy atom. The average Bonchev–Trinajstić information content (AvgIpc) is 2.49. The standard InChI is InChI=1S/C15H20O5S/c1-3-19-9-14(16)20-8-11(2)21-10-12-5-4-6-13(7-12)15(17)18/h4-7,11H,3,8-10H2,1-2H3,(H,17,18). The van der Waals surface area contributed by atoms with Crippen LogP contribution in [0.3, 0.4) is 0 Å². The van der Waals surface area contributed by atoms with Crippen LogP contribution in [0.15, 0.2) is 24.3 Å². The summed E-state index contributed by atoms with van der Waals surface area (Å²) >= 11 is 1.60. The number of carboxylic acid groups (broad SMARTS) is 1. The van der Waals surface area contributed by atoms with Crippen molar-refractivity contribution >= 4 is 23.7 Å². The highest BCUT2D eigenvalue weighted by Gasteiger charge is 2.09. The fraction of sp³-hybridized carbons (Fsp3) is 0.467. The number of carboxylic acids is 1. The molecule has 0 aliphatic carbocycles. The van der Waals surface area contributed by atoms with E-state index >= 15 is 0 Å². The van der Waals surface area contributed by atoms with Gasteiger partial charge in [0.1, 0.15) is 13.2 Å². The van der Waals surface area contributed by atoms with Crippen LogP contribution in [-0.2, 0) is 20.0 Å². The Hall–Kier alpha value is -1.53. The molecule has 5 nitrogen and oxygen atoms in total. The van der Waals surface area contributed by atoms with Gasteiger partial charge in [-0.2, -0.15) is 11.8 Å². The highest BCUT2D eigenvalue weighted by atomic mass is 32.2. The average molecular weight is 312 g/mol. The van der Waals surface area contributed by atoms with E-state index in [1.807, 2.05) is 19.9 Å². The van der Waals surface area contributed by atoms with Crippen molar-refractivity contribution in [2.45, 2.75) is 24.9 Å². The summed E-state index contributed by atoms with van der Waals surface area (Å²) in [5.74, 6) is -0.623. The van der Waals surface area contributed by atoms with Crippen LogP contribution in [0.1, 0.15) is 29.8 Å². The number of carbonyl (C=O) groups excluding carboxylic acids is 1. The van der Waals surface area contributed by atoms with E-state index in [2.05, 4.69) is 0 Å². The van der Waals surface area contributed by atoms with E-state index in [0.717, 1.165) is 5.56 Å². The van der Waals surface area contributed by atoms with Gasteiger partial charge in [0.05, 0.1) is 5.56 Å². The van der Waals surface area contributed by atoms with Gasteiger partial charge < -0.3 is 14.6 Å². The number of carbonyl (C=O) groups is 2. The van der Waals surface area contributed by atoms with Crippen molar-refractivity contribution in [3.8, 4) is 0 Å². The second kappa shape index (κ2) is 9.41. The van der Waals surface area contributed by atoms with Crippen LogP contribution < -0.4 is 0 Å². The molecule has 1 rings (SSSR count). The number of ether oxygens (including phenoxy) is 2. The number of thioether (sulfide) groups is 1. The van der Waals surface area contributed by atoms with E-state index in [-0.39, 0.29) is 23.4 Å². The first kappa shape index (κ1) is 17.5. The van der Waals surface area contributed by atoms with Gasteiger partial charge in [0, 0.05) is 17.6 Å². The van der Waals surface area contributed by atoms with Crippen molar-refractivity contribution in [2.75, 3.05) is 19.8 Å². The number of esters is 1. The van der Waals surface area contributed by atoms with Crippen LogP contribution >= 0.6 is 11.8 Å². The zero-order valence-electron chi connectivity index (χ0n) is 12.2. The number of benzene rings is 1. The molecule has 0 heterocycles. The lowest BCUT2D eigenvalue weighted by Crippen LogP contribution is -2.17. The fourth-order valence-electron chi connectivity index (χ4n) is 1.52. The molecule has 0 spiro atoms. The molecule has 0 saturated carbocycles. The van der Waals surface area contributed by atoms with Gasteiger partial charge in [0.2, 0.25) is 0 Å². The van der Waals surface area contributed by atoms with Crippen molar-refractivity contribution in [3.63, 3.8) is 0 Å². The van der Waals surface area contributed by atoms with Gasteiger partial charge in [-0.05, 0) is 31.5 Å². The number of hydrogen-bond acceptors (Lipinski definition) is 5. The Morgan fingerprint density at radius 3 is 2.81 bits per heavy atom. The van der Waals surface area contributed by atoms with E-state index in [4.69, 9.17) is 14.6 Å². The van der Waals surface area contributed by atoms with Gasteiger partial charge in [-0.1, -0.05) is 12.1 Å². The second-order valence-corrected chi connectivity index (χ2v) is 5.87. The van der Waals surface area contributed by atoms with Crippen molar-refractivity contribution in [3.05, 3.63) is 35.4 Å². The van der Waals surface area contributed by atoms with Crippen LogP contribution in [0.5, 0.6) is 0 Å². The number of hydrogen-bond donors (Lipinski definition) is 1. The molecule has 116 valence electrons. The monoisotopic (exact) mass is 312 g/mol. The summed E-state index contributed by atoms with van der Waals surface area (Å²) in [5.41, 5.74) is 1.22. The molecule has 1 N–H and O–H groups in total. The van der Waals surface area contributed by atoms with E-state index < -0.39 is 5.97 Å². The highest BCUT2D eigenvalue weighted by Crippen LogP contribution is 2.19. The molecule has 0 saturated heterocycles. The quantitative estimate of drug-likeness (QED) is 0.707. The molecule has 6 heteroatoms. The van der Waals surface area contributed by atoms with Crippen LogP contribution in [0, 0.1) is 0 Å². The third kappa shape index (κ3) is 7.15. The van der Waals surface area contributed by atoms with Crippen LogP contribution in [0.2, 0.25) is 0 Å². The Balaban J connectivity index is 2.32. The molecule has 0 aromatic heterocycles. The number of rotatable bonds is 9. The summed E-state index contributed by atoms with van der Waals surface area (Å²) in [7, 11) is 0. The molecule has 0 fully saturated rings. The Morgan fingerprint density at radius 1 is 1.38 bits per heavy atom. The van der Waals surface area contributed by atoms with Gasteiger partial charge in [-0.15, -0.1) is 0 Å². The third-order valence-electron chi connectivity index (χ3n) is 2.61. The Bertz CT molecular complexity index is 475. The summed E-state index contributed by atoms with van der Waals surface area (Å²) in [6.45, 7) is 4.56. The fourth-order valence-corrected chi connectivity index (χ4v) is 2.34. The lowest BCUT2D eigenvalue weighted by molar-refractivity contribution is -0.148. The minimum absolute atomic E-state index is 0.0193. The maximum absolute atomic E-state index is 11.3. The summed E-state index contributed by atoms with van der Waals surface area (Å²) < 4.78 is 10.0. The molecule has 1 aromatic rings. The zero-order valence-corrected chi connectivity index (χ0v) is 13.0. The van der Waals surface area contributed by atoms with E-state index in [0.29, 0.717) is 19.0 Å². The van der Waals surface area contributed by atoms with E-state index in [1.54, 1.807) is 30.0 Å². The predicted octanol–water partition coefficient (Wildman–Crippen LogP) is 2.59.